The smallest absolute Gasteiger partial charge is 0.229 e. The third-order valence-electron chi connectivity index (χ3n) is 3.91. The minimum absolute atomic E-state index is 0.0319. The highest BCUT2D eigenvalue weighted by Crippen LogP contribution is 2.21. The molecule has 0 aliphatic carbocycles. The normalized spacial score (nSPS) is 21.4. The molecule has 1 fully saturated rings. The lowest BCUT2D eigenvalue weighted by Gasteiger charge is -2.15. The SMILES string of the molecule is Cc1cc(NC(=O)C2CNCC2C)ccc1-n1cnnn1. The molecule has 2 heterocycles. The van der Waals surface area contributed by atoms with Crippen molar-refractivity contribution < 1.29 is 4.79 Å². The number of aromatic nitrogens is 4. The van der Waals surface area contributed by atoms with Crippen molar-refractivity contribution in [3.05, 3.63) is 30.1 Å². The monoisotopic (exact) mass is 286 g/mol. The number of carbonyl (C=O) groups excluding carboxylic acids is 1. The van der Waals surface area contributed by atoms with Crippen molar-refractivity contribution in [1.29, 1.82) is 0 Å². The van der Waals surface area contributed by atoms with Gasteiger partial charge in [0, 0.05) is 12.2 Å². The van der Waals surface area contributed by atoms with Crippen LogP contribution >= 0.6 is 0 Å². The molecule has 2 atom stereocenters. The van der Waals surface area contributed by atoms with Gasteiger partial charge in [-0.25, -0.2) is 4.68 Å². The van der Waals surface area contributed by atoms with Gasteiger partial charge in [0.1, 0.15) is 6.33 Å². The van der Waals surface area contributed by atoms with Gasteiger partial charge in [-0.05, 0) is 53.6 Å². The number of anilines is 1. The molecule has 0 bridgehead atoms. The van der Waals surface area contributed by atoms with Crippen LogP contribution in [0.1, 0.15) is 12.5 Å². The Kier molecular flexibility index (Phi) is 3.66. The maximum atomic E-state index is 12.3. The van der Waals surface area contributed by atoms with Gasteiger partial charge in [0.2, 0.25) is 5.91 Å². The van der Waals surface area contributed by atoms with Gasteiger partial charge in [0.25, 0.3) is 0 Å². The Balaban J connectivity index is 1.75. The van der Waals surface area contributed by atoms with Crippen LogP contribution in [0.25, 0.3) is 5.69 Å². The van der Waals surface area contributed by atoms with Crippen molar-refractivity contribution in [1.82, 2.24) is 25.5 Å². The van der Waals surface area contributed by atoms with E-state index in [0.29, 0.717) is 5.92 Å². The second-order valence-corrected chi connectivity index (χ2v) is 5.49. The summed E-state index contributed by atoms with van der Waals surface area (Å²) in [7, 11) is 0. The number of benzene rings is 1. The van der Waals surface area contributed by atoms with Crippen LogP contribution < -0.4 is 10.6 Å². The number of hydrogen-bond donors (Lipinski definition) is 2. The highest BCUT2D eigenvalue weighted by molar-refractivity contribution is 5.93. The largest absolute Gasteiger partial charge is 0.326 e. The molecule has 3 rings (SSSR count). The summed E-state index contributed by atoms with van der Waals surface area (Å²) < 4.78 is 1.60. The van der Waals surface area contributed by atoms with E-state index in [1.165, 1.54) is 0 Å². The zero-order valence-electron chi connectivity index (χ0n) is 12.1. The first-order chi connectivity index (χ1) is 10.1. The first kappa shape index (κ1) is 13.7. The summed E-state index contributed by atoms with van der Waals surface area (Å²) in [4.78, 5) is 12.3. The van der Waals surface area contributed by atoms with Crippen molar-refractivity contribution >= 4 is 11.6 Å². The van der Waals surface area contributed by atoms with E-state index in [2.05, 4.69) is 33.1 Å². The molecule has 110 valence electrons. The van der Waals surface area contributed by atoms with Crippen molar-refractivity contribution in [2.75, 3.05) is 18.4 Å². The summed E-state index contributed by atoms with van der Waals surface area (Å²) in [5, 5.41) is 17.4. The van der Waals surface area contributed by atoms with Gasteiger partial charge in [-0.3, -0.25) is 4.79 Å². The summed E-state index contributed by atoms with van der Waals surface area (Å²) >= 11 is 0. The number of nitrogens with one attached hydrogen (secondary N) is 2. The Morgan fingerprint density at radius 3 is 2.90 bits per heavy atom. The number of hydrogen-bond acceptors (Lipinski definition) is 5. The first-order valence-corrected chi connectivity index (χ1v) is 7.01. The van der Waals surface area contributed by atoms with Crippen LogP contribution in [0.5, 0.6) is 0 Å². The van der Waals surface area contributed by atoms with Gasteiger partial charge < -0.3 is 10.6 Å². The lowest BCUT2D eigenvalue weighted by Crippen LogP contribution is -2.27. The molecule has 2 unspecified atom stereocenters. The molecule has 7 heteroatoms. The Bertz CT molecular complexity index is 639. The van der Waals surface area contributed by atoms with E-state index in [1.807, 2.05) is 25.1 Å². The molecule has 0 radical (unpaired) electrons. The second-order valence-electron chi connectivity index (χ2n) is 5.49. The fraction of sp³-hybridized carbons (Fsp3) is 0.429. The molecule has 1 aliphatic rings. The predicted octanol–water partition coefficient (Wildman–Crippen LogP) is 0.765. The standard InChI is InChI=1S/C14H18N6O/c1-9-5-11(3-4-13(9)20-8-16-18-19-20)17-14(21)12-7-15-6-10(12)2/h3-5,8,10,12,15H,6-7H2,1-2H3,(H,17,21). The Labute approximate surface area is 122 Å². The quantitative estimate of drug-likeness (QED) is 0.870. The van der Waals surface area contributed by atoms with Crippen LogP contribution in [0.3, 0.4) is 0 Å². The third kappa shape index (κ3) is 2.78. The number of aryl methyl sites for hydroxylation is 1. The molecule has 21 heavy (non-hydrogen) atoms. The molecule has 1 aliphatic heterocycles. The molecule has 2 aromatic rings. The van der Waals surface area contributed by atoms with Crippen LogP contribution in [0.2, 0.25) is 0 Å². The lowest BCUT2D eigenvalue weighted by molar-refractivity contribution is -0.120. The van der Waals surface area contributed by atoms with E-state index >= 15 is 0 Å². The summed E-state index contributed by atoms with van der Waals surface area (Å²) in [5.74, 6) is 0.471. The minimum Gasteiger partial charge on any atom is -0.326 e. The molecule has 2 N–H and O–H groups in total. The van der Waals surface area contributed by atoms with E-state index in [4.69, 9.17) is 0 Å². The average Bonchev–Trinajstić information content (AvgIpc) is 3.10. The van der Waals surface area contributed by atoms with E-state index in [1.54, 1.807) is 11.0 Å². The fourth-order valence-corrected chi connectivity index (χ4v) is 2.66. The Hall–Kier alpha value is -2.28. The molecular formula is C14H18N6O. The first-order valence-electron chi connectivity index (χ1n) is 7.01. The highest BCUT2D eigenvalue weighted by Gasteiger charge is 2.29. The zero-order valence-corrected chi connectivity index (χ0v) is 12.1. The third-order valence-corrected chi connectivity index (χ3v) is 3.91. The maximum absolute atomic E-state index is 12.3. The van der Waals surface area contributed by atoms with Gasteiger partial charge >= 0.3 is 0 Å². The molecule has 0 spiro atoms. The summed E-state index contributed by atoms with van der Waals surface area (Å²) in [5.41, 5.74) is 2.69. The highest BCUT2D eigenvalue weighted by atomic mass is 16.1. The summed E-state index contributed by atoms with van der Waals surface area (Å²) in [6.07, 6.45) is 1.55. The number of tetrazole rings is 1. The van der Waals surface area contributed by atoms with Crippen LogP contribution in [-0.4, -0.2) is 39.2 Å². The second kappa shape index (κ2) is 5.61. The van der Waals surface area contributed by atoms with Gasteiger partial charge in [-0.15, -0.1) is 5.10 Å². The maximum Gasteiger partial charge on any atom is 0.229 e. The van der Waals surface area contributed by atoms with Gasteiger partial charge in [0.05, 0.1) is 11.6 Å². The zero-order chi connectivity index (χ0) is 14.8. The number of rotatable bonds is 3. The van der Waals surface area contributed by atoms with Crippen LogP contribution in [0.15, 0.2) is 24.5 Å². The molecule has 7 nitrogen and oxygen atoms in total. The topological polar surface area (TPSA) is 84.7 Å². The minimum atomic E-state index is 0.0319. The number of carbonyl (C=O) groups is 1. The molecule has 1 aromatic carbocycles. The summed E-state index contributed by atoms with van der Waals surface area (Å²) in [6.45, 7) is 5.70. The van der Waals surface area contributed by atoms with E-state index in [9.17, 15) is 4.79 Å². The fourth-order valence-electron chi connectivity index (χ4n) is 2.66. The van der Waals surface area contributed by atoms with Crippen LogP contribution in [-0.2, 0) is 4.79 Å². The molecule has 1 amide bonds. The Morgan fingerprint density at radius 1 is 1.43 bits per heavy atom. The van der Waals surface area contributed by atoms with Crippen LogP contribution in [0.4, 0.5) is 5.69 Å². The average molecular weight is 286 g/mol. The molecule has 1 aromatic heterocycles. The predicted molar refractivity (Wildman–Crippen MR) is 78.0 cm³/mol. The molecule has 0 saturated carbocycles. The lowest BCUT2D eigenvalue weighted by atomic mass is 9.97. The van der Waals surface area contributed by atoms with Crippen molar-refractivity contribution in [2.45, 2.75) is 13.8 Å². The summed E-state index contributed by atoms with van der Waals surface area (Å²) in [6, 6.07) is 5.70. The van der Waals surface area contributed by atoms with E-state index in [0.717, 1.165) is 30.0 Å². The van der Waals surface area contributed by atoms with Crippen molar-refractivity contribution in [3.8, 4) is 5.69 Å². The molecule has 1 saturated heterocycles. The molecular weight excluding hydrogens is 268 g/mol. The number of amides is 1. The van der Waals surface area contributed by atoms with Crippen LogP contribution in [0, 0.1) is 18.8 Å². The van der Waals surface area contributed by atoms with Gasteiger partial charge in [0.15, 0.2) is 0 Å². The van der Waals surface area contributed by atoms with Crippen molar-refractivity contribution in [2.24, 2.45) is 11.8 Å². The Morgan fingerprint density at radius 2 is 2.29 bits per heavy atom. The van der Waals surface area contributed by atoms with Gasteiger partial charge in [-0.1, -0.05) is 6.92 Å². The van der Waals surface area contributed by atoms with E-state index < -0.39 is 0 Å². The van der Waals surface area contributed by atoms with Gasteiger partial charge in [-0.2, -0.15) is 0 Å². The van der Waals surface area contributed by atoms with E-state index in [-0.39, 0.29) is 11.8 Å². The van der Waals surface area contributed by atoms with Crippen molar-refractivity contribution in [3.63, 3.8) is 0 Å². The number of nitrogens with zero attached hydrogens (tertiary/aromatic N) is 4.